The molecule has 0 unspecified atom stereocenters. The summed E-state index contributed by atoms with van der Waals surface area (Å²) in [5, 5.41) is 4.01. The highest BCUT2D eigenvalue weighted by molar-refractivity contribution is 5.79. The molecule has 1 aliphatic heterocycles. The van der Waals surface area contributed by atoms with Gasteiger partial charge >= 0.3 is 0 Å². The van der Waals surface area contributed by atoms with E-state index in [9.17, 15) is 13.6 Å². The van der Waals surface area contributed by atoms with Gasteiger partial charge in [0.2, 0.25) is 11.8 Å². The number of halogens is 2. The fraction of sp³-hybridized carbons (Fsp3) is 0.286. The largest absolute Gasteiger partial charge is 0.342 e. The van der Waals surface area contributed by atoms with Crippen LogP contribution in [0.5, 0.6) is 0 Å². The quantitative estimate of drug-likeness (QED) is 0.677. The van der Waals surface area contributed by atoms with Gasteiger partial charge in [0.25, 0.3) is 0 Å². The van der Waals surface area contributed by atoms with Gasteiger partial charge in [0.05, 0.1) is 12.3 Å². The minimum Gasteiger partial charge on any atom is -0.342 e. The van der Waals surface area contributed by atoms with E-state index in [1.807, 2.05) is 0 Å². The number of nitrogens with zero attached hydrogens (tertiary/aromatic N) is 3. The Labute approximate surface area is 161 Å². The van der Waals surface area contributed by atoms with Crippen molar-refractivity contribution in [3.63, 3.8) is 0 Å². The van der Waals surface area contributed by atoms with Crippen LogP contribution in [0.25, 0.3) is 0 Å². The molecule has 144 valence electrons. The van der Waals surface area contributed by atoms with Crippen molar-refractivity contribution in [3.05, 3.63) is 83.0 Å². The van der Waals surface area contributed by atoms with Crippen LogP contribution in [0.4, 0.5) is 8.78 Å². The lowest BCUT2D eigenvalue weighted by atomic mass is 10.1. The van der Waals surface area contributed by atoms with Crippen LogP contribution in [-0.2, 0) is 17.6 Å². The van der Waals surface area contributed by atoms with Crippen molar-refractivity contribution in [1.29, 1.82) is 0 Å². The molecule has 0 aliphatic carbocycles. The van der Waals surface area contributed by atoms with Crippen molar-refractivity contribution in [2.75, 3.05) is 13.1 Å². The van der Waals surface area contributed by atoms with Crippen molar-refractivity contribution < 1.29 is 18.1 Å². The summed E-state index contributed by atoms with van der Waals surface area (Å²) in [6.07, 6.45) is 1.46. The van der Waals surface area contributed by atoms with Crippen LogP contribution in [0.3, 0.4) is 0 Å². The number of amides is 1. The Bertz CT molecular complexity index is 955. The maximum absolute atomic E-state index is 13.0. The van der Waals surface area contributed by atoms with E-state index in [1.165, 1.54) is 24.3 Å². The van der Waals surface area contributed by atoms with Crippen LogP contribution < -0.4 is 0 Å². The number of hydrogen-bond donors (Lipinski definition) is 0. The van der Waals surface area contributed by atoms with E-state index in [0.717, 1.165) is 17.5 Å². The predicted octanol–water partition coefficient (Wildman–Crippen LogP) is 3.50. The van der Waals surface area contributed by atoms with Crippen molar-refractivity contribution in [1.82, 2.24) is 15.0 Å². The van der Waals surface area contributed by atoms with Crippen LogP contribution in [0.15, 0.2) is 53.1 Å². The number of hydrogen-bond acceptors (Lipinski definition) is 4. The molecule has 1 aliphatic rings. The first-order valence-corrected chi connectivity index (χ1v) is 9.16. The van der Waals surface area contributed by atoms with E-state index >= 15 is 0 Å². The third-order valence-electron chi connectivity index (χ3n) is 4.92. The second kappa shape index (κ2) is 7.88. The molecule has 1 atom stereocenters. The highest BCUT2D eigenvalue weighted by Crippen LogP contribution is 2.26. The van der Waals surface area contributed by atoms with Gasteiger partial charge in [0, 0.05) is 19.5 Å². The van der Waals surface area contributed by atoms with Gasteiger partial charge in [-0.15, -0.1) is 0 Å². The predicted molar refractivity (Wildman–Crippen MR) is 97.5 cm³/mol. The smallest absolute Gasteiger partial charge is 0.231 e. The Morgan fingerprint density at radius 1 is 1.04 bits per heavy atom. The molecule has 0 radical (unpaired) electrons. The third-order valence-corrected chi connectivity index (χ3v) is 4.92. The maximum atomic E-state index is 13.0. The molecule has 4 rings (SSSR count). The zero-order valence-electron chi connectivity index (χ0n) is 15.1. The molecule has 1 fully saturated rings. The van der Waals surface area contributed by atoms with Crippen LogP contribution in [-0.4, -0.2) is 34.0 Å². The molecule has 0 N–H and O–H groups in total. The zero-order valence-corrected chi connectivity index (χ0v) is 15.1. The first kappa shape index (κ1) is 18.3. The lowest BCUT2D eigenvalue weighted by Crippen LogP contribution is -2.29. The van der Waals surface area contributed by atoms with E-state index < -0.39 is 0 Å². The zero-order chi connectivity index (χ0) is 19.5. The fourth-order valence-electron chi connectivity index (χ4n) is 3.37. The monoisotopic (exact) mass is 383 g/mol. The number of carbonyl (C=O) groups excluding carboxylic acids is 1. The lowest BCUT2D eigenvalue weighted by Gasteiger charge is -2.15. The highest BCUT2D eigenvalue weighted by atomic mass is 19.1. The molecule has 1 amide bonds. The van der Waals surface area contributed by atoms with E-state index in [4.69, 9.17) is 4.52 Å². The third kappa shape index (κ3) is 4.24. The van der Waals surface area contributed by atoms with E-state index in [1.54, 1.807) is 29.2 Å². The molecule has 0 spiro atoms. The molecule has 1 aromatic heterocycles. The topological polar surface area (TPSA) is 59.2 Å². The summed E-state index contributed by atoms with van der Waals surface area (Å²) in [6, 6.07) is 12.2. The average molecular weight is 383 g/mol. The molecule has 5 nitrogen and oxygen atoms in total. The molecular weight excluding hydrogens is 364 g/mol. The van der Waals surface area contributed by atoms with Gasteiger partial charge in [-0.05, 0) is 41.8 Å². The molecule has 0 saturated carbocycles. The molecule has 28 heavy (non-hydrogen) atoms. The summed E-state index contributed by atoms with van der Waals surface area (Å²) < 4.78 is 31.4. The number of rotatable bonds is 5. The van der Waals surface area contributed by atoms with E-state index in [-0.39, 0.29) is 29.9 Å². The van der Waals surface area contributed by atoms with Gasteiger partial charge in [-0.25, -0.2) is 8.78 Å². The summed E-state index contributed by atoms with van der Waals surface area (Å²) in [7, 11) is 0. The maximum Gasteiger partial charge on any atom is 0.231 e. The molecule has 2 heterocycles. The molecule has 3 aromatic rings. The average Bonchev–Trinajstić information content (AvgIpc) is 3.35. The Hall–Kier alpha value is -3.09. The number of benzene rings is 2. The Balaban J connectivity index is 1.35. The second-order valence-corrected chi connectivity index (χ2v) is 6.98. The fourth-order valence-corrected chi connectivity index (χ4v) is 3.37. The number of likely N-dealkylation sites (tertiary alicyclic amines) is 1. The van der Waals surface area contributed by atoms with Gasteiger partial charge in [-0.1, -0.05) is 29.4 Å². The van der Waals surface area contributed by atoms with Gasteiger partial charge in [-0.2, -0.15) is 4.98 Å². The summed E-state index contributed by atoms with van der Waals surface area (Å²) >= 11 is 0. The number of carbonyl (C=O) groups is 1. The number of aromatic nitrogens is 2. The molecule has 1 saturated heterocycles. The van der Waals surface area contributed by atoms with Crippen molar-refractivity contribution in [3.8, 4) is 0 Å². The van der Waals surface area contributed by atoms with Crippen molar-refractivity contribution in [2.45, 2.75) is 25.2 Å². The minimum atomic E-state index is -0.315. The Morgan fingerprint density at radius 3 is 2.36 bits per heavy atom. The summed E-state index contributed by atoms with van der Waals surface area (Å²) in [4.78, 5) is 18.7. The van der Waals surface area contributed by atoms with Crippen molar-refractivity contribution in [2.24, 2.45) is 0 Å². The molecular formula is C21H19F2N3O2. The van der Waals surface area contributed by atoms with Crippen molar-refractivity contribution >= 4 is 5.91 Å². The standard InChI is InChI=1S/C21H19F2N3O2/c22-17-5-1-14(2-6-17)11-19-24-21(28-25-19)16-9-10-26(13-16)20(27)12-15-3-7-18(23)8-4-15/h1-8,16H,9-13H2/t16-/m0/s1. The Kier molecular flexibility index (Phi) is 5.14. The minimum absolute atomic E-state index is 0.000147. The second-order valence-electron chi connectivity index (χ2n) is 6.98. The normalized spacial score (nSPS) is 16.5. The summed E-state index contributed by atoms with van der Waals surface area (Å²) in [5.74, 6) is 0.470. The van der Waals surface area contributed by atoms with Crippen LogP contribution in [0.2, 0.25) is 0 Å². The molecule has 2 aromatic carbocycles. The van der Waals surface area contributed by atoms with Gasteiger partial charge in [0.1, 0.15) is 11.6 Å². The molecule has 0 bridgehead atoms. The SMILES string of the molecule is O=C(Cc1ccc(F)cc1)N1CC[C@H](c2nc(Cc3ccc(F)cc3)no2)C1. The van der Waals surface area contributed by atoms with E-state index in [2.05, 4.69) is 10.1 Å². The van der Waals surface area contributed by atoms with Gasteiger partial charge in [-0.3, -0.25) is 4.79 Å². The van der Waals surface area contributed by atoms with Crippen LogP contribution in [0.1, 0.15) is 35.2 Å². The molecule has 7 heteroatoms. The van der Waals surface area contributed by atoms with E-state index in [0.29, 0.717) is 31.2 Å². The van der Waals surface area contributed by atoms with Crippen LogP contribution in [0, 0.1) is 11.6 Å². The Morgan fingerprint density at radius 2 is 1.68 bits per heavy atom. The van der Waals surface area contributed by atoms with Gasteiger partial charge < -0.3 is 9.42 Å². The first-order valence-electron chi connectivity index (χ1n) is 9.16. The first-order chi connectivity index (χ1) is 13.6. The summed E-state index contributed by atoms with van der Waals surface area (Å²) in [6.45, 7) is 1.15. The van der Waals surface area contributed by atoms with Gasteiger partial charge in [0.15, 0.2) is 5.82 Å². The summed E-state index contributed by atoms with van der Waals surface area (Å²) in [5.41, 5.74) is 1.69. The van der Waals surface area contributed by atoms with Crippen LogP contribution >= 0.6 is 0 Å². The lowest BCUT2D eigenvalue weighted by molar-refractivity contribution is -0.129. The highest BCUT2D eigenvalue weighted by Gasteiger charge is 2.31.